The molecule has 3 aliphatic heterocycles. The van der Waals surface area contributed by atoms with Gasteiger partial charge in [0.05, 0.1) is 0 Å². The van der Waals surface area contributed by atoms with E-state index >= 15 is 0 Å². The first-order chi connectivity index (χ1) is 6.86. The summed E-state index contributed by atoms with van der Waals surface area (Å²) in [5.74, 6) is 1.88. The number of quaternary nitrogens is 1. The minimum Gasteiger partial charge on any atom is -0.437 e. The standard InChI is InChI=1S/C12H16NO/c1-2-8-3-5-9(6-4-8)14-12-11-10-7-13(10,11)12/h3,5-6,8,10-12H,2,4,7H2,1H3/q+1. The first kappa shape index (κ1) is 7.52. The normalized spacial score (nSPS) is 55.6. The van der Waals surface area contributed by atoms with Crippen LogP contribution in [0.5, 0.6) is 0 Å². The molecule has 5 unspecified atom stereocenters. The number of fused-ring (bicyclic) bond motifs is 1. The number of allylic oxidation sites excluding steroid dienone is 3. The van der Waals surface area contributed by atoms with Gasteiger partial charge in [0.15, 0.2) is 0 Å². The second-order valence-corrected chi connectivity index (χ2v) is 5.11. The third kappa shape index (κ3) is 0.728. The second kappa shape index (κ2) is 2.08. The van der Waals surface area contributed by atoms with Crippen LogP contribution in [-0.4, -0.2) is 29.3 Å². The maximum Gasteiger partial charge on any atom is 0.293 e. The molecule has 0 aromatic carbocycles. The summed E-state index contributed by atoms with van der Waals surface area (Å²) in [5.41, 5.74) is 0. The van der Waals surface area contributed by atoms with Gasteiger partial charge in [0, 0.05) is 0 Å². The van der Waals surface area contributed by atoms with Crippen molar-refractivity contribution in [2.45, 2.75) is 38.1 Å². The van der Waals surface area contributed by atoms with Gasteiger partial charge in [0.25, 0.3) is 6.23 Å². The van der Waals surface area contributed by atoms with Crippen LogP contribution < -0.4 is 0 Å². The summed E-state index contributed by atoms with van der Waals surface area (Å²) in [4.78, 5) is 0. The van der Waals surface area contributed by atoms with E-state index in [0.29, 0.717) is 6.23 Å². The van der Waals surface area contributed by atoms with E-state index in [2.05, 4.69) is 25.2 Å². The van der Waals surface area contributed by atoms with Crippen molar-refractivity contribution in [3.8, 4) is 0 Å². The molecular weight excluding hydrogens is 174 g/mol. The van der Waals surface area contributed by atoms with Crippen LogP contribution in [0.15, 0.2) is 24.0 Å². The Morgan fingerprint density at radius 3 is 2.93 bits per heavy atom. The van der Waals surface area contributed by atoms with Gasteiger partial charge in [-0.15, -0.1) is 0 Å². The van der Waals surface area contributed by atoms with Crippen LogP contribution in [0.2, 0.25) is 0 Å². The Kier molecular flexibility index (Phi) is 1.12. The summed E-state index contributed by atoms with van der Waals surface area (Å²) in [6.45, 7) is 3.65. The Morgan fingerprint density at radius 1 is 1.57 bits per heavy atom. The van der Waals surface area contributed by atoms with Gasteiger partial charge in [-0.25, -0.2) is 4.48 Å². The van der Waals surface area contributed by atoms with Crippen molar-refractivity contribution in [3.05, 3.63) is 24.0 Å². The third-order valence-corrected chi connectivity index (χ3v) is 4.46. The fraction of sp³-hybridized carbons (Fsp3) is 0.667. The zero-order valence-corrected chi connectivity index (χ0v) is 8.52. The molecule has 1 aliphatic carbocycles. The molecule has 3 saturated heterocycles. The number of ether oxygens (including phenoxy) is 1. The van der Waals surface area contributed by atoms with E-state index in [1.165, 1.54) is 23.9 Å². The smallest absolute Gasteiger partial charge is 0.293 e. The fourth-order valence-corrected chi connectivity index (χ4v) is 2.99. The summed E-state index contributed by atoms with van der Waals surface area (Å²) in [6.07, 6.45) is 9.72. The molecule has 0 aromatic heterocycles. The number of nitrogens with zero attached hydrogens (tertiary/aromatic N) is 1. The lowest BCUT2D eigenvalue weighted by molar-refractivity contribution is -0.630. The van der Waals surface area contributed by atoms with E-state index in [1.807, 2.05) is 0 Å². The first-order valence-corrected chi connectivity index (χ1v) is 5.78. The van der Waals surface area contributed by atoms with Crippen molar-refractivity contribution in [1.82, 2.24) is 0 Å². The van der Waals surface area contributed by atoms with Gasteiger partial charge >= 0.3 is 0 Å². The molecule has 0 amide bonds. The van der Waals surface area contributed by atoms with Crippen LogP contribution in [0.25, 0.3) is 0 Å². The van der Waals surface area contributed by atoms with Gasteiger partial charge in [-0.3, -0.25) is 0 Å². The molecule has 0 saturated carbocycles. The number of rotatable bonds is 3. The SMILES string of the molecule is CCC1C=CC(OC2C3C4C[N+]423)=CC1. The highest BCUT2D eigenvalue weighted by molar-refractivity contribution is 5.24. The third-order valence-electron chi connectivity index (χ3n) is 4.46. The van der Waals surface area contributed by atoms with Gasteiger partial charge < -0.3 is 4.74 Å². The molecule has 2 nitrogen and oxygen atoms in total. The van der Waals surface area contributed by atoms with E-state index in [0.717, 1.165) is 23.8 Å². The molecule has 4 aliphatic rings. The van der Waals surface area contributed by atoms with Crippen LogP contribution >= 0.6 is 0 Å². The molecule has 14 heavy (non-hydrogen) atoms. The van der Waals surface area contributed by atoms with Crippen molar-refractivity contribution >= 4 is 0 Å². The fourth-order valence-electron chi connectivity index (χ4n) is 2.99. The maximum absolute atomic E-state index is 5.95. The first-order valence-electron chi connectivity index (χ1n) is 5.78. The highest BCUT2D eigenvalue weighted by Crippen LogP contribution is 2.75. The Labute approximate surface area is 84.4 Å². The maximum atomic E-state index is 5.95. The van der Waals surface area contributed by atoms with Crippen molar-refractivity contribution < 1.29 is 9.22 Å². The van der Waals surface area contributed by atoms with Gasteiger partial charge in [0.1, 0.15) is 12.3 Å². The number of hydrogen-bond donors (Lipinski definition) is 0. The highest BCUT2D eigenvalue weighted by Gasteiger charge is 3.07. The summed E-state index contributed by atoms with van der Waals surface area (Å²) >= 11 is 0. The van der Waals surface area contributed by atoms with E-state index in [4.69, 9.17) is 4.74 Å². The largest absolute Gasteiger partial charge is 0.437 e. The van der Waals surface area contributed by atoms with Crippen LogP contribution in [0.1, 0.15) is 19.8 Å². The quantitative estimate of drug-likeness (QED) is 0.487. The summed E-state index contributed by atoms with van der Waals surface area (Å²) in [5, 5.41) is 0. The summed E-state index contributed by atoms with van der Waals surface area (Å²) < 4.78 is 7.28. The lowest BCUT2D eigenvalue weighted by atomic mass is 9.98. The van der Waals surface area contributed by atoms with E-state index < -0.39 is 0 Å². The average Bonchev–Trinajstić information content (AvgIpc) is 3.09. The molecule has 2 heteroatoms. The molecule has 0 radical (unpaired) electrons. The Hall–Kier alpha value is -0.760. The lowest BCUT2D eigenvalue weighted by Gasteiger charge is -2.14. The Morgan fingerprint density at radius 2 is 2.43 bits per heavy atom. The molecule has 74 valence electrons. The van der Waals surface area contributed by atoms with Gasteiger partial charge in [-0.2, -0.15) is 0 Å². The molecule has 0 N–H and O–H groups in total. The van der Waals surface area contributed by atoms with E-state index in [9.17, 15) is 0 Å². The predicted molar refractivity (Wildman–Crippen MR) is 53.2 cm³/mol. The zero-order chi connectivity index (χ0) is 9.34. The predicted octanol–water partition coefficient (Wildman–Crippen LogP) is 1.79. The van der Waals surface area contributed by atoms with Crippen LogP contribution in [0.3, 0.4) is 0 Å². The Balaban J connectivity index is 1.39. The molecular formula is C12H16NO+. The lowest BCUT2D eigenvalue weighted by Crippen LogP contribution is -2.11. The molecule has 5 atom stereocenters. The van der Waals surface area contributed by atoms with E-state index in [1.54, 1.807) is 0 Å². The summed E-state index contributed by atoms with van der Waals surface area (Å²) in [6, 6.07) is 1.96. The molecule has 4 rings (SSSR count). The molecule has 3 heterocycles. The zero-order valence-electron chi connectivity index (χ0n) is 8.52. The second-order valence-electron chi connectivity index (χ2n) is 5.11. The van der Waals surface area contributed by atoms with Gasteiger partial charge in [-0.1, -0.05) is 13.0 Å². The highest BCUT2D eigenvalue weighted by atomic mass is 16.5. The summed E-state index contributed by atoms with van der Waals surface area (Å²) in [7, 11) is 0. The minimum absolute atomic E-state index is 0.564. The molecule has 1 spiro atoms. The topological polar surface area (TPSA) is 9.23 Å². The average molecular weight is 190 g/mol. The van der Waals surface area contributed by atoms with Gasteiger partial charge in [-0.05, 0) is 30.9 Å². The van der Waals surface area contributed by atoms with E-state index in [-0.39, 0.29) is 0 Å². The molecule has 0 bridgehead atoms. The number of hydrogen-bond acceptors (Lipinski definition) is 1. The van der Waals surface area contributed by atoms with Gasteiger partial charge in [0.2, 0.25) is 12.1 Å². The van der Waals surface area contributed by atoms with Crippen molar-refractivity contribution in [3.63, 3.8) is 0 Å². The minimum atomic E-state index is 0.564. The van der Waals surface area contributed by atoms with Crippen LogP contribution in [-0.2, 0) is 4.74 Å². The monoisotopic (exact) mass is 190 g/mol. The molecule has 3 fully saturated rings. The van der Waals surface area contributed by atoms with Crippen LogP contribution in [0, 0.1) is 5.92 Å². The van der Waals surface area contributed by atoms with Crippen molar-refractivity contribution in [2.75, 3.05) is 6.54 Å². The Bertz CT molecular complexity index is 359. The molecule has 0 aromatic rings. The van der Waals surface area contributed by atoms with Crippen LogP contribution in [0.4, 0.5) is 0 Å². The van der Waals surface area contributed by atoms with Crippen molar-refractivity contribution in [1.29, 1.82) is 0 Å². The van der Waals surface area contributed by atoms with Crippen molar-refractivity contribution in [2.24, 2.45) is 5.92 Å².